The number of hydrogen-bond donors (Lipinski definition) is 1. The number of fused-ring (bicyclic) bond motifs is 1. The highest BCUT2D eigenvalue weighted by atomic mass is 16.2. The second-order valence-corrected chi connectivity index (χ2v) is 7.42. The molecule has 1 saturated heterocycles. The first-order valence-electron chi connectivity index (χ1n) is 9.65. The Hall–Kier alpha value is -2.82. The molecule has 27 heavy (non-hydrogen) atoms. The lowest BCUT2D eigenvalue weighted by Gasteiger charge is -2.41. The SMILES string of the molecule is Cc1ccc(N2CCN(C(=O)CCc3nc4ccccc4[nH]3)CC2C)cc1. The molecule has 5 heteroatoms. The van der Waals surface area contributed by atoms with E-state index in [4.69, 9.17) is 0 Å². The topological polar surface area (TPSA) is 52.2 Å². The molecule has 1 N–H and O–H groups in total. The lowest BCUT2D eigenvalue weighted by atomic mass is 10.1. The normalized spacial score (nSPS) is 17.5. The number of aromatic nitrogens is 2. The fraction of sp³-hybridized carbons (Fsp3) is 0.364. The highest BCUT2D eigenvalue weighted by Crippen LogP contribution is 2.21. The van der Waals surface area contributed by atoms with Gasteiger partial charge in [-0.2, -0.15) is 0 Å². The Bertz CT molecular complexity index is 898. The molecule has 0 spiro atoms. The molecule has 2 aromatic carbocycles. The Morgan fingerprint density at radius 1 is 1.15 bits per heavy atom. The first kappa shape index (κ1) is 17.6. The summed E-state index contributed by atoms with van der Waals surface area (Å²) >= 11 is 0. The molecular weight excluding hydrogens is 336 g/mol. The summed E-state index contributed by atoms with van der Waals surface area (Å²) in [6.45, 7) is 6.72. The van der Waals surface area contributed by atoms with Crippen LogP contribution in [0.3, 0.4) is 0 Å². The van der Waals surface area contributed by atoms with E-state index in [1.54, 1.807) is 0 Å². The van der Waals surface area contributed by atoms with Gasteiger partial charge >= 0.3 is 0 Å². The van der Waals surface area contributed by atoms with Gasteiger partial charge in [0.25, 0.3) is 0 Å². The largest absolute Gasteiger partial charge is 0.365 e. The van der Waals surface area contributed by atoms with E-state index in [1.807, 2.05) is 29.2 Å². The van der Waals surface area contributed by atoms with Crippen molar-refractivity contribution in [2.24, 2.45) is 0 Å². The number of para-hydroxylation sites is 2. The van der Waals surface area contributed by atoms with Crippen molar-refractivity contribution in [2.45, 2.75) is 32.7 Å². The van der Waals surface area contributed by atoms with Crippen LogP contribution in [0.1, 0.15) is 24.7 Å². The van der Waals surface area contributed by atoms with Crippen molar-refractivity contribution in [1.29, 1.82) is 0 Å². The highest BCUT2D eigenvalue weighted by Gasteiger charge is 2.26. The van der Waals surface area contributed by atoms with Gasteiger partial charge in [0, 0.05) is 44.2 Å². The summed E-state index contributed by atoms with van der Waals surface area (Å²) in [6, 6.07) is 16.9. The van der Waals surface area contributed by atoms with Gasteiger partial charge < -0.3 is 14.8 Å². The number of benzene rings is 2. The van der Waals surface area contributed by atoms with Crippen molar-refractivity contribution >= 4 is 22.6 Å². The average Bonchev–Trinajstić information content (AvgIpc) is 3.10. The molecule has 3 aromatic rings. The Morgan fingerprint density at radius 3 is 2.67 bits per heavy atom. The number of carbonyl (C=O) groups is 1. The highest BCUT2D eigenvalue weighted by molar-refractivity contribution is 5.77. The zero-order chi connectivity index (χ0) is 18.8. The fourth-order valence-corrected chi connectivity index (χ4v) is 3.81. The second-order valence-electron chi connectivity index (χ2n) is 7.42. The van der Waals surface area contributed by atoms with Crippen LogP contribution in [0.2, 0.25) is 0 Å². The number of H-pyrrole nitrogens is 1. The molecule has 0 saturated carbocycles. The molecule has 5 nitrogen and oxygen atoms in total. The van der Waals surface area contributed by atoms with Gasteiger partial charge in [0.05, 0.1) is 11.0 Å². The van der Waals surface area contributed by atoms with Crippen LogP contribution in [0, 0.1) is 6.92 Å². The van der Waals surface area contributed by atoms with Crippen LogP contribution in [0.4, 0.5) is 5.69 Å². The minimum Gasteiger partial charge on any atom is -0.365 e. The number of rotatable bonds is 4. The van der Waals surface area contributed by atoms with Crippen molar-refractivity contribution in [2.75, 3.05) is 24.5 Å². The van der Waals surface area contributed by atoms with E-state index in [-0.39, 0.29) is 5.91 Å². The van der Waals surface area contributed by atoms with Gasteiger partial charge in [-0.15, -0.1) is 0 Å². The zero-order valence-electron chi connectivity index (χ0n) is 16.0. The third-order valence-corrected chi connectivity index (χ3v) is 5.36. The molecule has 1 amide bonds. The van der Waals surface area contributed by atoms with Gasteiger partial charge in [0.2, 0.25) is 5.91 Å². The molecule has 1 aromatic heterocycles. The molecule has 1 aliphatic rings. The predicted octanol–water partition coefficient (Wildman–Crippen LogP) is 3.54. The van der Waals surface area contributed by atoms with Crippen LogP contribution >= 0.6 is 0 Å². The van der Waals surface area contributed by atoms with Crippen LogP contribution in [0.25, 0.3) is 11.0 Å². The summed E-state index contributed by atoms with van der Waals surface area (Å²) < 4.78 is 0. The van der Waals surface area contributed by atoms with E-state index in [0.717, 1.165) is 36.5 Å². The van der Waals surface area contributed by atoms with E-state index in [1.165, 1.54) is 11.3 Å². The van der Waals surface area contributed by atoms with Gasteiger partial charge in [-0.1, -0.05) is 29.8 Å². The average molecular weight is 362 g/mol. The summed E-state index contributed by atoms with van der Waals surface area (Å²) in [6.07, 6.45) is 1.15. The first-order valence-corrected chi connectivity index (χ1v) is 9.65. The Morgan fingerprint density at radius 2 is 1.93 bits per heavy atom. The molecule has 1 unspecified atom stereocenters. The smallest absolute Gasteiger partial charge is 0.223 e. The van der Waals surface area contributed by atoms with Crippen molar-refractivity contribution in [3.05, 3.63) is 59.9 Å². The maximum atomic E-state index is 12.7. The molecule has 1 fully saturated rings. The first-order chi connectivity index (χ1) is 13.1. The number of amides is 1. The maximum absolute atomic E-state index is 12.7. The molecule has 2 heterocycles. The number of aromatic amines is 1. The summed E-state index contributed by atoms with van der Waals surface area (Å²) in [5.74, 6) is 1.10. The number of piperazine rings is 1. The summed E-state index contributed by atoms with van der Waals surface area (Å²) in [5.41, 5.74) is 4.49. The molecule has 0 bridgehead atoms. The molecule has 1 aliphatic heterocycles. The van der Waals surface area contributed by atoms with Crippen molar-refractivity contribution in [3.63, 3.8) is 0 Å². The van der Waals surface area contributed by atoms with Crippen LogP contribution in [0.5, 0.6) is 0 Å². The Labute approximate surface area is 160 Å². The van der Waals surface area contributed by atoms with Gasteiger partial charge in [-0.05, 0) is 38.1 Å². The van der Waals surface area contributed by atoms with E-state index in [2.05, 4.69) is 53.0 Å². The fourth-order valence-electron chi connectivity index (χ4n) is 3.81. The van der Waals surface area contributed by atoms with Gasteiger partial charge in [-0.3, -0.25) is 4.79 Å². The van der Waals surface area contributed by atoms with Crippen LogP contribution in [-0.2, 0) is 11.2 Å². The van der Waals surface area contributed by atoms with Gasteiger partial charge in [-0.25, -0.2) is 4.98 Å². The minimum absolute atomic E-state index is 0.214. The van der Waals surface area contributed by atoms with Gasteiger partial charge in [0.1, 0.15) is 5.82 Å². The molecule has 0 aliphatic carbocycles. The number of imidazole rings is 1. The van der Waals surface area contributed by atoms with Crippen LogP contribution < -0.4 is 4.90 Å². The van der Waals surface area contributed by atoms with E-state index >= 15 is 0 Å². The third kappa shape index (κ3) is 3.82. The lowest BCUT2D eigenvalue weighted by molar-refractivity contribution is -0.131. The van der Waals surface area contributed by atoms with E-state index in [0.29, 0.717) is 18.9 Å². The standard InChI is InChI=1S/C22H26N4O/c1-16-7-9-18(10-8-16)26-14-13-25(15-17(26)2)22(27)12-11-21-23-19-5-3-4-6-20(19)24-21/h3-10,17H,11-15H2,1-2H3,(H,23,24). The molecular formula is C22H26N4O. The number of anilines is 1. The lowest BCUT2D eigenvalue weighted by Crippen LogP contribution is -2.53. The van der Waals surface area contributed by atoms with E-state index < -0.39 is 0 Å². The molecule has 140 valence electrons. The van der Waals surface area contributed by atoms with Crippen LogP contribution in [-0.4, -0.2) is 46.5 Å². The minimum atomic E-state index is 0.214. The van der Waals surface area contributed by atoms with Crippen LogP contribution in [0.15, 0.2) is 48.5 Å². The summed E-state index contributed by atoms with van der Waals surface area (Å²) in [7, 11) is 0. The zero-order valence-corrected chi connectivity index (χ0v) is 16.0. The van der Waals surface area contributed by atoms with Crippen molar-refractivity contribution in [1.82, 2.24) is 14.9 Å². The Balaban J connectivity index is 1.34. The predicted molar refractivity (Wildman–Crippen MR) is 109 cm³/mol. The monoisotopic (exact) mass is 362 g/mol. The number of nitrogens with zero attached hydrogens (tertiary/aromatic N) is 3. The third-order valence-electron chi connectivity index (χ3n) is 5.36. The Kier molecular flexibility index (Phi) is 4.84. The van der Waals surface area contributed by atoms with Crippen molar-refractivity contribution < 1.29 is 4.79 Å². The second kappa shape index (κ2) is 7.43. The number of carbonyl (C=O) groups excluding carboxylic acids is 1. The number of nitrogens with one attached hydrogen (secondary N) is 1. The number of hydrogen-bond acceptors (Lipinski definition) is 3. The quantitative estimate of drug-likeness (QED) is 0.772. The molecule has 1 atom stereocenters. The number of aryl methyl sites for hydroxylation is 2. The summed E-state index contributed by atoms with van der Waals surface area (Å²) in [4.78, 5) is 24.9. The van der Waals surface area contributed by atoms with E-state index in [9.17, 15) is 4.79 Å². The van der Waals surface area contributed by atoms with Crippen molar-refractivity contribution in [3.8, 4) is 0 Å². The molecule has 4 rings (SSSR count). The maximum Gasteiger partial charge on any atom is 0.223 e. The summed E-state index contributed by atoms with van der Waals surface area (Å²) in [5, 5.41) is 0. The molecule has 0 radical (unpaired) electrons. The van der Waals surface area contributed by atoms with Gasteiger partial charge in [0.15, 0.2) is 0 Å².